The van der Waals surface area contributed by atoms with Crippen molar-refractivity contribution in [2.24, 2.45) is 0 Å². The average Bonchev–Trinajstić information content (AvgIpc) is 3.51. The lowest BCUT2D eigenvalue weighted by Crippen LogP contribution is -2.15. The van der Waals surface area contributed by atoms with Crippen molar-refractivity contribution in [3.05, 3.63) is 164 Å². The Morgan fingerprint density at radius 2 is 0.427 bits per heavy atom. The van der Waals surface area contributed by atoms with E-state index in [2.05, 4.69) is 180 Å². The van der Waals surface area contributed by atoms with Crippen molar-refractivity contribution in [3.63, 3.8) is 0 Å². The molecule has 0 unspecified atom stereocenters. The molecule has 0 saturated carbocycles. The maximum atomic E-state index is 7.65. The van der Waals surface area contributed by atoms with Crippen molar-refractivity contribution in [3.8, 4) is 34.1 Å². The summed E-state index contributed by atoms with van der Waals surface area (Å²) in [6, 6.07) is 37.4. The Bertz CT molecular complexity index is 2470. The molecule has 6 aromatic rings. The van der Waals surface area contributed by atoms with Gasteiger partial charge in [-0.25, -0.2) is 0 Å². The van der Waals surface area contributed by atoms with Gasteiger partial charge in [-0.2, -0.15) is 0 Å². The lowest BCUT2D eigenvalue weighted by atomic mass is 9.94. The fourth-order valence-corrected chi connectivity index (χ4v) is 14.7. The van der Waals surface area contributed by atoms with E-state index in [0.29, 0.717) is 0 Å². The average molecular weight is 1150 g/mol. The van der Waals surface area contributed by atoms with E-state index in [1.807, 2.05) is 0 Å². The second kappa shape index (κ2) is 36.3. The van der Waals surface area contributed by atoms with Gasteiger partial charge in [-0.1, -0.05) is 233 Å². The van der Waals surface area contributed by atoms with Gasteiger partial charge in [0.1, 0.15) is 23.0 Å². The van der Waals surface area contributed by atoms with Crippen LogP contribution in [0.1, 0.15) is 253 Å². The van der Waals surface area contributed by atoms with E-state index in [1.54, 1.807) is 0 Å². The summed E-state index contributed by atoms with van der Waals surface area (Å²) in [5, 5.41) is 2.18. The second-order valence-corrected chi connectivity index (χ2v) is 25.9. The Balaban J connectivity index is 1.50. The first-order chi connectivity index (χ1) is 40.2. The van der Waals surface area contributed by atoms with Crippen molar-refractivity contribution >= 4 is 27.4 Å². The Morgan fingerprint density at radius 1 is 0.220 bits per heavy atom. The maximum absolute atomic E-state index is 7.65. The molecule has 446 valence electrons. The van der Waals surface area contributed by atoms with Crippen LogP contribution in [0, 0.1) is 0 Å². The highest BCUT2D eigenvalue weighted by atomic mass is 31.2. The zero-order valence-corrected chi connectivity index (χ0v) is 55.4. The van der Waals surface area contributed by atoms with Gasteiger partial charge in [-0.05, 0) is 205 Å². The summed E-state index contributed by atoms with van der Waals surface area (Å²) in [6.07, 6.45) is 29.9. The summed E-state index contributed by atoms with van der Waals surface area (Å²) in [7, 11) is -3.16. The minimum absolute atomic E-state index is 0.992. The van der Waals surface area contributed by atoms with Crippen LogP contribution in [0.5, 0.6) is 23.0 Å². The Labute approximate surface area is 503 Å². The van der Waals surface area contributed by atoms with Crippen LogP contribution < -0.4 is 28.7 Å². The standard InChI is InChI=1S/C76H108O4P2/c1-13-25-37-63-45-41-59(29-17-5)69(33-21-9)73(63)77-81(78-74-64(38-26-14-2)46-42-60(30-18-6)70(74)34-22-10)67-53-49-57(50-54-67)58-51-55-68(56-52-58)82(79-75-65(39-27-15-3)47-43-61(31-19-7)71(75)35-23-11)80-76-66(40-28-16-4)48-44-62(32-20-8)72(76)36-24-12/h41-56H,13-40H2,1-12H3. The van der Waals surface area contributed by atoms with Gasteiger partial charge in [0.05, 0.1) is 10.6 Å². The fourth-order valence-electron chi connectivity index (χ4n) is 11.8. The molecule has 0 bridgehead atoms. The molecule has 4 nitrogen and oxygen atoms in total. The number of hydrogen-bond donors (Lipinski definition) is 0. The third kappa shape index (κ3) is 18.2. The van der Waals surface area contributed by atoms with Gasteiger partial charge in [0, 0.05) is 0 Å². The Morgan fingerprint density at radius 3 is 0.622 bits per heavy atom. The number of benzene rings is 6. The molecule has 0 radical (unpaired) electrons. The van der Waals surface area contributed by atoms with Gasteiger partial charge >= 0.3 is 16.8 Å². The van der Waals surface area contributed by atoms with E-state index in [-0.39, 0.29) is 0 Å². The third-order valence-electron chi connectivity index (χ3n) is 16.2. The van der Waals surface area contributed by atoms with Crippen LogP contribution in [0.2, 0.25) is 0 Å². The van der Waals surface area contributed by atoms with Gasteiger partial charge in [-0.3, -0.25) is 0 Å². The van der Waals surface area contributed by atoms with Crippen LogP contribution in [0.15, 0.2) is 97.1 Å². The quantitative estimate of drug-likeness (QED) is 0.0361. The van der Waals surface area contributed by atoms with Gasteiger partial charge < -0.3 is 18.1 Å². The molecule has 0 atom stereocenters. The van der Waals surface area contributed by atoms with E-state index in [0.717, 1.165) is 225 Å². The van der Waals surface area contributed by atoms with Crippen LogP contribution in [-0.4, -0.2) is 0 Å². The molecule has 0 aliphatic rings. The topological polar surface area (TPSA) is 36.9 Å². The molecular formula is C76H108O4P2. The maximum Gasteiger partial charge on any atom is 0.326 e. The van der Waals surface area contributed by atoms with E-state index < -0.39 is 16.8 Å². The minimum Gasteiger partial charge on any atom is -0.435 e. The molecule has 6 rings (SSSR count). The highest BCUT2D eigenvalue weighted by Crippen LogP contribution is 2.49. The van der Waals surface area contributed by atoms with Crippen molar-refractivity contribution in [1.82, 2.24) is 0 Å². The van der Waals surface area contributed by atoms with E-state index in [4.69, 9.17) is 18.1 Å². The highest BCUT2D eigenvalue weighted by Gasteiger charge is 2.29. The smallest absolute Gasteiger partial charge is 0.326 e. The number of hydrogen-bond acceptors (Lipinski definition) is 4. The van der Waals surface area contributed by atoms with Gasteiger partial charge in [-0.15, -0.1) is 0 Å². The molecule has 0 N–H and O–H groups in total. The Hall–Kier alpha value is -4.62. The lowest BCUT2D eigenvalue weighted by Gasteiger charge is -2.27. The molecule has 0 aromatic heterocycles. The Kier molecular flexibility index (Phi) is 29.4. The summed E-state index contributed by atoms with van der Waals surface area (Å²) >= 11 is 0. The first-order valence-electron chi connectivity index (χ1n) is 33.3. The van der Waals surface area contributed by atoms with Crippen LogP contribution in [0.4, 0.5) is 0 Å². The van der Waals surface area contributed by atoms with E-state index in [1.165, 1.54) is 66.8 Å². The summed E-state index contributed by atoms with van der Waals surface area (Å²) in [6.45, 7) is 27.6. The molecule has 82 heavy (non-hydrogen) atoms. The van der Waals surface area contributed by atoms with E-state index >= 15 is 0 Å². The fraction of sp³-hybridized carbons (Fsp3) is 0.526. The molecule has 0 amide bonds. The molecule has 0 saturated heterocycles. The zero-order chi connectivity index (χ0) is 58.6. The molecule has 6 aromatic carbocycles. The number of unbranched alkanes of at least 4 members (excludes halogenated alkanes) is 4. The van der Waals surface area contributed by atoms with Gasteiger partial charge in [0.2, 0.25) is 0 Å². The molecule has 0 fully saturated rings. The van der Waals surface area contributed by atoms with Crippen molar-refractivity contribution in [2.45, 2.75) is 263 Å². The second-order valence-electron chi connectivity index (χ2n) is 23.2. The van der Waals surface area contributed by atoms with Crippen LogP contribution >= 0.6 is 16.8 Å². The number of rotatable bonds is 39. The summed E-state index contributed by atoms with van der Waals surface area (Å²) < 4.78 is 30.6. The number of aryl methyl sites for hydroxylation is 8. The normalized spacial score (nSPS) is 11.5. The zero-order valence-electron chi connectivity index (χ0n) is 53.6. The summed E-state index contributed by atoms with van der Waals surface area (Å²) in [5.74, 6) is 4.27. The predicted octanol–water partition coefficient (Wildman–Crippen LogP) is 22.5. The molecule has 0 aliphatic carbocycles. The van der Waals surface area contributed by atoms with Crippen LogP contribution in [0.3, 0.4) is 0 Å². The largest absolute Gasteiger partial charge is 0.435 e. The van der Waals surface area contributed by atoms with Crippen molar-refractivity contribution in [1.29, 1.82) is 0 Å². The molecule has 0 aliphatic heterocycles. The SMILES string of the molecule is CCCCc1ccc(CCC)c(CCC)c1OP(Oc1c(CCCC)ccc(CCC)c1CCC)c1ccc(-c2ccc(P(Oc3c(CCCC)ccc(CCC)c3CCC)Oc3c(CCCC)ccc(CCC)c3CCC)cc2)cc1. The molecule has 0 heterocycles. The monoisotopic (exact) mass is 1150 g/mol. The van der Waals surface area contributed by atoms with Gasteiger partial charge in [0.15, 0.2) is 0 Å². The first kappa shape index (κ1) is 66.5. The molecule has 6 heteroatoms. The summed E-state index contributed by atoms with van der Waals surface area (Å²) in [4.78, 5) is 0. The third-order valence-corrected chi connectivity index (χ3v) is 19.1. The molecule has 0 spiro atoms. The van der Waals surface area contributed by atoms with Crippen molar-refractivity contribution in [2.75, 3.05) is 0 Å². The van der Waals surface area contributed by atoms with Gasteiger partial charge in [0.25, 0.3) is 0 Å². The summed E-state index contributed by atoms with van der Waals surface area (Å²) in [5.41, 5.74) is 18.7. The minimum atomic E-state index is -1.58. The molecular weight excluding hydrogens is 1040 g/mol. The van der Waals surface area contributed by atoms with Crippen LogP contribution in [0.25, 0.3) is 11.1 Å². The predicted molar refractivity (Wildman–Crippen MR) is 360 cm³/mol. The lowest BCUT2D eigenvalue weighted by molar-refractivity contribution is 0.483. The van der Waals surface area contributed by atoms with Crippen molar-refractivity contribution < 1.29 is 18.1 Å². The first-order valence-corrected chi connectivity index (χ1v) is 35.6. The van der Waals surface area contributed by atoms with Crippen LogP contribution in [-0.2, 0) is 77.0 Å². The highest BCUT2D eigenvalue weighted by molar-refractivity contribution is 7.57. The van der Waals surface area contributed by atoms with E-state index in [9.17, 15) is 0 Å².